The summed E-state index contributed by atoms with van der Waals surface area (Å²) in [5.74, 6) is 0.928. The molecule has 2 aliphatic heterocycles. The van der Waals surface area contributed by atoms with Crippen LogP contribution < -0.4 is 30.1 Å². The van der Waals surface area contributed by atoms with Gasteiger partial charge in [0.1, 0.15) is 49.9 Å². The Bertz CT molecular complexity index is 3150. The highest BCUT2D eigenvalue weighted by Gasteiger charge is 2.25. The van der Waals surface area contributed by atoms with Crippen molar-refractivity contribution in [1.29, 1.82) is 0 Å². The number of carbonyl (C=O) groups is 2. The van der Waals surface area contributed by atoms with Gasteiger partial charge in [0, 0.05) is 88.3 Å². The largest absolute Gasteiger partial charge is 0.462 e. The minimum atomic E-state index is -0.323. The van der Waals surface area contributed by atoms with Gasteiger partial charge in [0.25, 0.3) is 0 Å². The van der Waals surface area contributed by atoms with Gasteiger partial charge >= 0.3 is 11.9 Å². The predicted molar refractivity (Wildman–Crippen MR) is 274 cm³/mol. The molecule has 1 N–H and O–H groups in total. The van der Waals surface area contributed by atoms with Crippen molar-refractivity contribution in [3.05, 3.63) is 143 Å². The van der Waals surface area contributed by atoms with Crippen molar-refractivity contribution in [1.82, 2.24) is 9.15 Å². The Morgan fingerprint density at radius 1 is 0.582 bits per heavy atom. The van der Waals surface area contributed by atoms with Crippen LogP contribution in [0.15, 0.2) is 124 Å². The average Bonchev–Trinajstić information content (AvgIpc) is 3.34. The zero-order valence-electron chi connectivity index (χ0n) is 40.7. The maximum Gasteiger partial charge on any atom is 0.338 e. The van der Waals surface area contributed by atoms with Crippen molar-refractivity contribution in [2.24, 2.45) is 0 Å². The zero-order valence-corrected chi connectivity index (χ0v) is 40.7. The highest BCUT2D eigenvalue weighted by atomic mass is 16.5. The van der Waals surface area contributed by atoms with Crippen LogP contribution in [0.1, 0.15) is 74.7 Å². The molecule has 10 nitrogen and oxygen atoms in total. The molecule has 4 aliphatic rings. The molecular formula is C57H64N4O6+2. The van der Waals surface area contributed by atoms with Crippen molar-refractivity contribution < 1.29 is 27.9 Å². The van der Waals surface area contributed by atoms with Crippen LogP contribution in [-0.4, -0.2) is 72.0 Å². The number of hydrogen-bond donors (Lipinski definition) is 1. The second-order valence-corrected chi connectivity index (χ2v) is 16.5. The van der Waals surface area contributed by atoms with Gasteiger partial charge in [-0.25, -0.2) is 18.7 Å². The molecule has 0 amide bonds. The molecular weight excluding hydrogens is 837 g/mol. The van der Waals surface area contributed by atoms with Crippen molar-refractivity contribution >= 4 is 45.3 Å². The van der Waals surface area contributed by atoms with E-state index in [0.29, 0.717) is 24.3 Å². The second kappa shape index (κ2) is 21.4. The van der Waals surface area contributed by atoms with Gasteiger partial charge in [-0.15, -0.1) is 0 Å². The van der Waals surface area contributed by atoms with Crippen molar-refractivity contribution in [3.63, 3.8) is 0 Å². The SMILES string of the molecule is CCNc1cc2oc3cc(=[N+](C)C)ccc-3c(-c3ccccc3C(=O)OCC)c2cc1C.CCOC(=O)c1ccccc1-c1c2ccc(=[N+](CC)CC)cc-2oc2cc(N(CC)CC)ccc12. The molecule has 0 aromatic heterocycles. The van der Waals surface area contributed by atoms with Crippen LogP contribution in [0.4, 0.5) is 11.4 Å². The van der Waals surface area contributed by atoms with Crippen LogP contribution in [0.2, 0.25) is 0 Å². The Kier molecular flexibility index (Phi) is 15.3. The number of ether oxygens (including phenoxy) is 2. The number of benzene rings is 6. The molecule has 0 bridgehead atoms. The minimum Gasteiger partial charge on any atom is -0.462 e. The third-order valence-electron chi connectivity index (χ3n) is 12.3. The molecule has 8 rings (SSSR count). The lowest BCUT2D eigenvalue weighted by Gasteiger charge is -2.22. The Balaban J connectivity index is 0.000000200. The van der Waals surface area contributed by atoms with Crippen LogP contribution in [0.3, 0.4) is 0 Å². The zero-order chi connectivity index (χ0) is 47.8. The smallest absolute Gasteiger partial charge is 0.338 e. The van der Waals surface area contributed by atoms with Gasteiger partial charge in [-0.3, -0.25) is 0 Å². The van der Waals surface area contributed by atoms with Crippen LogP contribution in [0, 0.1) is 6.92 Å². The summed E-state index contributed by atoms with van der Waals surface area (Å²) in [6.07, 6.45) is 0. The van der Waals surface area contributed by atoms with Crippen molar-refractivity contribution in [2.75, 3.05) is 70.2 Å². The molecule has 0 spiro atoms. The normalized spacial score (nSPS) is 11.1. The van der Waals surface area contributed by atoms with Gasteiger partial charge in [0.15, 0.2) is 0 Å². The van der Waals surface area contributed by atoms with Gasteiger partial charge in [-0.1, -0.05) is 36.4 Å². The van der Waals surface area contributed by atoms with Crippen molar-refractivity contribution in [2.45, 2.75) is 55.4 Å². The number of carbonyl (C=O) groups excluding carboxylic acids is 2. The first kappa shape index (κ1) is 47.8. The molecule has 0 atom stereocenters. The summed E-state index contributed by atoms with van der Waals surface area (Å²) in [6, 6.07) is 38.4. The lowest BCUT2D eigenvalue weighted by atomic mass is 9.90. The highest BCUT2D eigenvalue weighted by Crippen LogP contribution is 2.44. The quantitative estimate of drug-likeness (QED) is 0.0694. The first-order valence-electron chi connectivity index (χ1n) is 23.6. The summed E-state index contributed by atoms with van der Waals surface area (Å²) in [7, 11) is 4.01. The first-order chi connectivity index (χ1) is 32.5. The van der Waals surface area contributed by atoms with Gasteiger partial charge in [-0.05, 0) is 115 Å². The number of rotatable bonds is 13. The van der Waals surface area contributed by atoms with Gasteiger partial charge in [0.05, 0.1) is 36.5 Å². The molecule has 2 heterocycles. The Morgan fingerprint density at radius 3 is 1.63 bits per heavy atom. The standard InChI is InChI=1S/C30H35N2O3.C27H28N2O3/c1-6-31(7-2)21-15-17-25-27(19-21)35-28-20-22(32(8-3)9-4)16-18-26(28)29(25)23-13-11-12-14-24(23)30(33)34-10-5;1-6-28-23-16-25-22(14-17(23)3)26(19-10-8-9-11-20(19)27(30)31-7-2)21-13-12-18(29(4)5)15-24(21)32-25/h11-20H,6-10H2,1-5H3;8-16H,6-7H2,1-5H3/q+1;/p+1. The fourth-order valence-corrected chi connectivity index (χ4v) is 8.89. The van der Waals surface area contributed by atoms with Gasteiger partial charge in [0.2, 0.25) is 10.7 Å². The number of fused-ring (bicyclic) bond motifs is 4. The number of aryl methyl sites for hydroxylation is 1. The number of nitrogens with zero attached hydrogens (tertiary/aromatic N) is 3. The van der Waals surface area contributed by atoms with E-state index >= 15 is 0 Å². The van der Waals surface area contributed by atoms with E-state index in [2.05, 4.69) is 111 Å². The summed E-state index contributed by atoms with van der Waals surface area (Å²) >= 11 is 0. The predicted octanol–water partition coefficient (Wildman–Crippen LogP) is 11.2. The summed E-state index contributed by atoms with van der Waals surface area (Å²) in [5.41, 5.74) is 11.5. The van der Waals surface area contributed by atoms with E-state index < -0.39 is 0 Å². The first-order valence-corrected chi connectivity index (χ1v) is 23.6. The van der Waals surface area contributed by atoms with E-state index in [9.17, 15) is 9.59 Å². The molecule has 0 radical (unpaired) electrons. The molecule has 0 fully saturated rings. The fraction of sp³-hybridized carbons (Fsp3) is 0.298. The van der Waals surface area contributed by atoms with Crippen molar-refractivity contribution in [3.8, 4) is 44.9 Å². The van der Waals surface area contributed by atoms with Crippen LogP contribution in [0.5, 0.6) is 0 Å². The van der Waals surface area contributed by atoms with E-state index in [1.54, 1.807) is 0 Å². The molecule has 0 saturated heterocycles. The molecule has 67 heavy (non-hydrogen) atoms. The van der Waals surface area contributed by atoms with Gasteiger partial charge < -0.3 is 28.5 Å². The molecule has 2 aliphatic carbocycles. The lowest BCUT2D eigenvalue weighted by molar-refractivity contribution is 0.0517. The third-order valence-corrected chi connectivity index (χ3v) is 12.3. The Morgan fingerprint density at radius 2 is 1.10 bits per heavy atom. The molecule has 4 aromatic carbocycles. The summed E-state index contributed by atoms with van der Waals surface area (Å²) < 4.78 is 28.1. The number of hydrogen-bond acceptors (Lipinski definition) is 8. The maximum atomic E-state index is 12.9. The van der Waals surface area contributed by atoms with Crippen LogP contribution in [0.25, 0.3) is 66.8 Å². The summed E-state index contributed by atoms with van der Waals surface area (Å²) in [4.78, 5) is 28.0. The van der Waals surface area contributed by atoms with E-state index in [0.717, 1.165) is 127 Å². The molecule has 10 heteroatoms. The minimum absolute atomic E-state index is 0.315. The second-order valence-electron chi connectivity index (χ2n) is 16.5. The van der Waals surface area contributed by atoms with E-state index in [1.165, 1.54) is 0 Å². The number of anilines is 2. The topological polar surface area (TPSA) is 100 Å². The fourth-order valence-electron chi connectivity index (χ4n) is 8.89. The maximum absolute atomic E-state index is 12.9. The molecule has 0 saturated carbocycles. The Labute approximate surface area is 394 Å². The number of nitrogens with one attached hydrogen (secondary N) is 1. The Hall–Kier alpha value is -7.20. The molecule has 4 aromatic rings. The van der Waals surface area contributed by atoms with E-state index in [4.69, 9.17) is 18.3 Å². The van der Waals surface area contributed by atoms with Crippen LogP contribution >= 0.6 is 0 Å². The molecule has 346 valence electrons. The van der Waals surface area contributed by atoms with E-state index in [-0.39, 0.29) is 11.9 Å². The highest BCUT2D eigenvalue weighted by molar-refractivity contribution is 6.09. The summed E-state index contributed by atoms with van der Waals surface area (Å²) in [5, 5.41) is 7.51. The average molecular weight is 901 g/mol. The van der Waals surface area contributed by atoms with Crippen LogP contribution in [-0.2, 0) is 9.47 Å². The lowest BCUT2D eigenvalue weighted by Crippen LogP contribution is -2.29. The number of esters is 2. The summed E-state index contributed by atoms with van der Waals surface area (Å²) in [6.45, 7) is 21.6. The third kappa shape index (κ3) is 9.85. The molecule has 0 unspecified atom stereocenters. The van der Waals surface area contributed by atoms with E-state index in [1.807, 2.05) is 93.2 Å². The monoisotopic (exact) mass is 900 g/mol. The van der Waals surface area contributed by atoms with Gasteiger partial charge in [-0.2, -0.15) is 0 Å².